The monoisotopic (exact) mass is 376 g/mol. The molecule has 0 aromatic heterocycles. The summed E-state index contributed by atoms with van der Waals surface area (Å²) in [4.78, 5) is 22.6. The van der Waals surface area contributed by atoms with E-state index in [2.05, 4.69) is 4.72 Å². The van der Waals surface area contributed by atoms with Crippen LogP contribution in [0.1, 0.15) is 29.8 Å². The second-order valence-electron chi connectivity index (χ2n) is 6.53. The van der Waals surface area contributed by atoms with Gasteiger partial charge in [0, 0.05) is 0 Å². The highest BCUT2D eigenvalue weighted by Crippen LogP contribution is 2.24. The van der Waals surface area contributed by atoms with Gasteiger partial charge in [-0.15, -0.1) is 0 Å². The topological polar surface area (TPSA) is 127 Å². The van der Waals surface area contributed by atoms with Gasteiger partial charge < -0.3 is 10.8 Å². The van der Waals surface area contributed by atoms with Crippen molar-refractivity contribution in [3.05, 3.63) is 59.7 Å². The molecule has 0 spiro atoms. The maximum Gasteiger partial charge on any atom is 0.309 e. The van der Waals surface area contributed by atoms with Crippen LogP contribution in [0.2, 0.25) is 0 Å². The molecule has 0 saturated heterocycles. The van der Waals surface area contributed by atoms with Crippen molar-refractivity contribution in [3.63, 3.8) is 0 Å². The Bertz CT molecular complexity index is 934. The van der Waals surface area contributed by atoms with Gasteiger partial charge in [0.25, 0.3) is 15.9 Å². The van der Waals surface area contributed by atoms with Crippen molar-refractivity contribution in [2.24, 2.45) is 11.1 Å². The van der Waals surface area contributed by atoms with Crippen LogP contribution in [0.5, 0.6) is 0 Å². The van der Waals surface area contributed by atoms with Crippen LogP contribution in [0.4, 0.5) is 5.69 Å². The summed E-state index contributed by atoms with van der Waals surface area (Å²) in [5.74, 6) is -1.67. The molecule has 7 nitrogen and oxygen atoms in total. The highest BCUT2D eigenvalue weighted by molar-refractivity contribution is 7.92. The van der Waals surface area contributed by atoms with Crippen molar-refractivity contribution in [2.45, 2.75) is 25.2 Å². The van der Waals surface area contributed by atoms with Crippen molar-refractivity contribution in [2.75, 3.05) is 4.72 Å². The molecule has 0 radical (unpaired) electrons. The maximum absolute atomic E-state index is 12.5. The molecule has 0 saturated carbocycles. The van der Waals surface area contributed by atoms with E-state index < -0.39 is 27.3 Å². The summed E-state index contributed by atoms with van der Waals surface area (Å²) in [5.41, 5.74) is 5.16. The molecule has 0 bridgehead atoms. The van der Waals surface area contributed by atoms with Crippen LogP contribution < -0.4 is 10.5 Å². The van der Waals surface area contributed by atoms with Gasteiger partial charge in [0.05, 0.1) is 21.6 Å². The molecular weight excluding hydrogens is 356 g/mol. The lowest BCUT2D eigenvalue weighted by atomic mass is 9.86. The second kappa shape index (κ2) is 7.17. The number of amides is 1. The van der Waals surface area contributed by atoms with Gasteiger partial charge in [0.1, 0.15) is 0 Å². The molecule has 0 fully saturated rings. The average molecular weight is 376 g/mol. The first-order valence-corrected chi connectivity index (χ1v) is 9.25. The number of carboxylic acid groups (broad SMARTS) is 1. The molecule has 8 heteroatoms. The van der Waals surface area contributed by atoms with Crippen LogP contribution in [-0.2, 0) is 21.2 Å². The molecule has 0 aliphatic carbocycles. The second-order valence-corrected chi connectivity index (χ2v) is 8.21. The number of nitrogens with two attached hydrogens (primary N) is 1. The Morgan fingerprint density at radius 1 is 1.08 bits per heavy atom. The summed E-state index contributed by atoms with van der Waals surface area (Å²) in [7, 11) is -3.92. The molecular formula is C18H20N2O5S. The lowest BCUT2D eigenvalue weighted by molar-refractivity contribution is -0.146. The number of carbonyl (C=O) groups excluding carboxylic acids is 1. The molecule has 0 aliphatic heterocycles. The van der Waals surface area contributed by atoms with Crippen LogP contribution in [0, 0.1) is 5.41 Å². The van der Waals surface area contributed by atoms with Gasteiger partial charge in [0.15, 0.2) is 0 Å². The number of hydrogen-bond donors (Lipinski definition) is 3. The zero-order valence-electron chi connectivity index (χ0n) is 14.4. The van der Waals surface area contributed by atoms with E-state index in [4.69, 9.17) is 5.73 Å². The first kappa shape index (κ1) is 19.5. The normalized spacial score (nSPS) is 11.8. The van der Waals surface area contributed by atoms with E-state index in [9.17, 15) is 23.1 Å². The Kier molecular flexibility index (Phi) is 5.36. The number of anilines is 1. The highest BCUT2D eigenvalue weighted by atomic mass is 32.2. The number of primary amides is 1. The standard InChI is InChI=1S/C18H20N2O5S/c1-18(2,17(22)23)11-12-7-9-13(10-8-12)26(24,25)20-15-6-4-3-5-14(15)16(19)21/h3-10,20H,11H2,1-2H3,(H2,19,21)(H,22,23). The number of nitrogens with one attached hydrogen (secondary N) is 1. The molecule has 0 atom stereocenters. The zero-order valence-corrected chi connectivity index (χ0v) is 15.2. The van der Waals surface area contributed by atoms with Crippen molar-refractivity contribution < 1.29 is 23.1 Å². The van der Waals surface area contributed by atoms with Gasteiger partial charge >= 0.3 is 5.97 Å². The fourth-order valence-corrected chi connectivity index (χ4v) is 3.44. The molecule has 2 aromatic carbocycles. The minimum Gasteiger partial charge on any atom is -0.481 e. The first-order chi connectivity index (χ1) is 12.0. The predicted molar refractivity (Wildman–Crippen MR) is 97.3 cm³/mol. The fourth-order valence-electron chi connectivity index (χ4n) is 2.36. The van der Waals surface area contributed by atoms with Gasteiger partial charge in [-0.2, -0.15) is 0 Å². The summed E-state index contributed by atoms with van der Waals surface area (Å²) < 4.78 is 27.4. The molecule has 2 rings (SSSR count). The first-order valence-electron chi connectivity index (χ1n) is 7.77. The van der Waals surface area contributed by atoms with E-state index in [1.165, 1.54) is 24.3 Å². The van der Waals surface area contributed by atoms with E-state index in [0.717, 1.165) is 0 Å². The van der Waals surface area contributed by atoms with E-state index in [0.29, 0.717) is 5.56 Å². The number of benzene rings is 2. The number of sulfonamides is 1. The Balaban J connectivity index is 2.25. The Hall–Kier alpha value is -2.87. The Morgan fingerprint density at radius 3 is 2.19 bits per heavy atom. The SMILES string of the molecule is CC(C)(Cc1ccc(S(=O)(=O)Nc2ccccc2C(N)=O)cc1)C(=O)O. The Labute approximate surface area is 151 Å². The summed E-state index contributed by atoms with van der Waals surface area (Å²) in [6, 6.07) is 12.0. The van der Waals surface area contributed by atoms with Gasteiger partial charge in [-0.05, 0) is 50.1 Å². The van der Waals surface area contributed by atoms with Crippen LogP contribution in [-0.4, -0.2) is 25.4 Å². The van der Waals surface area contributed by atoms with Gasteiger partial charge in [-0.25, -0.2) is 8.42 Å². The van der Waals surface area contributed by atoms with Crippen LogP contribution in [0.3, 0.4) is 0 Å². The third-order valence-corrected chi connectivity index (χ3v) is 5.28. The van der Waals surface area contributed by atoms with Gasteiger partial charge in [-0.3, -0.25) is 14.3 Å². The van der Waals surface area contributed by atoms with Crippen LogP contribution in [0.15, 0.2) is 53.4 Å². The van der Waals surface area contributed by atoms with Gasteiger partial charge in [-0.1, -0.05) is 24.3 Å². The number of hydrogen-bond acceptors (Lipinski definition) is 4. The lowest BCUT2D eigenvalue weighted by Gasteiger charge is -2.19. The minimum absolute atomic E-state index is 0.00588. The lowest BCUT2D eigenvalue weighted by Crippen LogP contribution is -2.26. The third kappa shape index (κ3) is 4.40. The van der Waals surface area contributed by atoms with E-state index in [-0.39, 0.29) is 22.6 Å². The van der Waals surface area contributed by atoms with Crippen molar-refractivity contribution in [3.8, 4) is 0 Å². The Morgan fingerprint density at radius 2 is 1.65 bits per heavy atom. The summed E-state index contributed by atoms with van der Waals surface area (Å²) in [6.07, 6.45) is 0.264. The number of carbonyl (C=O) groups is 2. The third-order valence-electron chi connectivity index (χ3n) is 3.90. The molecule has 0 heterocycles. The molecule has 1 amide bonds. The maximum atomic E-state index is 12.5. The number of rotatable bonds is 7. The zero-order chi connectivity index (χ0) is 19.5. The summed E-state index contributed by atoms with van der Waals surface area (Å²) >= 11 is 0. The van der Waals surface area contributed by atoms with Crippen molar-refractivity contribution in [1.82, 2.24) is 0 Å². The molecule has 4 N–H and O–H groups in total. The largest absolute Gasteiger partial charge is 0.481 e. The molecule has 0 unspecified atom stereocenters. The molecule has 2 aromatic rings. The molecule has 138 valence electrons. The quantitative estimate of drug-likeness (QED) is 0.683. The minimum atomic E-state index is -3.92. The highest BCUT2D eigenvalue weighted by Gasteiger charge is 2.27. The van der Waals surface area contributed by atoms with Crippen molar-refractivity contribution >= 4 is 27.6 Å². The van der Waals surface area contributed by atoms with Gasteiger partial charge in [0.2, 0.25) is 0 Å². The smallest absolute Gasteiger partial charge is 0.309 e. The van der Waals surface area contributed by atoms with E-state index >= 15 is 0 Å². The number of aliphatic carboxylic acids is 1. The predicted octanol–water partition coefficient (Wildman–Crippen LogP) is 2.24. The average Bonchev–Trinajstić information content (AvgIpc) is 2.54. The van der Waals surface area contributed by atoms with E-state index in [1.54, 1.807) is 38.1 Å². The fraction of sp³-hybridized carbons (Fsp3) is 0.222. The molecule has 26 heavy (non-hydrogen) atoms. The summed E-state index contributed by atoms with van der Waals surface area (Å²) in [5, 5.41) is 9.18. The van der Waals surface area contributed by atoms with Crippen LogP contribution in [0.25, 0.3) is 0 Å². The van der Waals surface area contributed by atoms with E-state index in [1.807, 2.05) is 0 Å². The number of carboxylic acids is 1. The summed E-state index contributed by atoms with van der Waals surface area (Å²) in [6.45, 7) is 3.20. The number of para-hydroxylation sites is 1. The van der Waals surface area contributed by atoms with Crippen LogP contribution >= 0.6 is 0 Å². The molecule has 0 aliphatic rings. The van der Waals surface area contributed by atoms with Crippen molar-refractivity contribution in [1.29, 1.82) is 0 Å².